The van der Waals surface area contributed by atoms with Crippen LogP contribution in [-0.4, -0.2) is 76.2 Å². The van der Waals surface area contributed by atoms with E-state index < -0.39 is 6.10 Å². The number of likely N-dealkylation sites (N-methyl/N-ethyl adjacent to an activating group) is 1. The fourth-order valence-corrected chi connectivity index (χ4v) is 6.39. The lowest BCUT2D eigenvalue weighted by Gasteiger charge is -2.40. The molecule has 1 fully saturated rings. The van der Waals surface area contributed by atoms with E-state index in [-0.39, 0.29) is 12.1 Å². The first-order valence-electron chi connectivity index (χ1n) is 14.4. The molecule has 1 N–H and O–H groups in total. The Morgan fingerprint density at radius 2 is 1.82 bits per heavy atom. The Balaban J connectivity index is 1.36. The second-order valence-electron chi connectivity index (χ2n) is 11.2. The minimum atomic E-state index is -0.724. The van der Waals surface area contributed by atoms with Crippen molar-refractivity contribution >= 4 is 11.5 Å². The summed E-state index contributed by atoms with van der Waals surface area (Å²) in [5.74, 6) is 1.94. The summed E-state index contributed by atoms with van der Waals surface area (Å²) in [5, 5.41) is 11.9. The van der Waals surface area contributed by atoms with Gasteiger partial charge in [-0.05, 0) is 74.7 Å². The molecule has 4 heterocycles. The molecule has 0 saturated carbocycles. The maximum absolute atomic E-state index is 11.9. The van der Waals surface area contributed by atoms with Crippen LogP contribution in [-0.2, 0) is 6.42 Å². The first-order valence-corrected chi connectivity index (χ1v) is 14.4. The van der Waals surface area contributed by atoms with E-state index in [0.717, 1.165) is 74.0 Å². The van der Waals surface area contributed by atoms with Crippen LogP contribution in [0.15, 0.2) is 67.0 Å². The van der Waals surface area contributed by atoms with Gasteiger partial charge in [0.25, 0.3) is 0 Å². The Bertz CT molecular complexity index is 1430. The molecule has 8 nitrogen and oxygen atoms in total. The van der Waals surface area contributed by atoms with Crippen molar-refractivity contribution in [1.29, 1.82) is 0 Å². The molecule has 40 heavy (non-hydrogen) atoms. The van der Waals surface area contributed by atoms with Crippen LogP contribution in [0.25, 0.3) is 5.65 Å². The Morgan fingerprint density at radius 3 is 2.60 bits per heavy atom. The third-order valence-electron chi connectivity index (χ3n) is 8.75. The van der Waals surface area contributed by atoms with E-state index in [1.54, 1.807) is 7.11 Å². The van der Waals surface area contributed by atoms with Crippen molar-refractivity contribution < 1.29 is 9.84 Å². The molecule has 1 saturated heterocycles. The number of aromatic nitrogens is 3. The van der Waals surface area contributed by atoms with E-state index in [1.807, 2.05) is 36.7 Å². The van der Waals surface area contributed by atoms with Crippen LogP contribution in [0.1, 0.15) is 60.5 Å². The van der Waals surface area contributed by atoms with Crippen LogP contribution in [0.3, 0.4) is 0 Å². The van der Waals surface area contributed by atoms with Gasteiger partial charge in [0.2, 0.25) is 0 Å². The number of hydrogen-bond donors (Lipinski definition) is 1. The molecular formula is C32H40N6O2. The molecule has 0 radical (unpaired) electrons. The maximum Gasteiger partial charge on any atom is 0.138 e. The fraction of sp³-hybridized carbons (Fsp3) is 0.438. The largest absolute Gasteiger partial charge is 0.497 e. The molecule has 1 aromatic carbocycles. The highest BCUT2D eigenvalue weighted by molar-refractivity contribution is 5.54. The summed E-state index contributed by atoms with van der Waals surface area (Å²) in [6, 6.07) is 18.9. The molecule has 1 unspecified atom stereocenters. The van der Waals surface area contributed by atoms with Crippen molar-refractivity contribution in [3.63, 3.8) is 0 Å². The van der Waals surface area contributed by atoms with Gasteiger partial charge in [-0.25, -0.2) is 4.98 Å². The van der Waals surface area contributed by atoms with Gasteiger partial charge in [-0.3, -0.25) is 14.3 Å². The lowest BCUT2D eigenvalue weighted by molar-refractivity contribution is 0.0491. The molecule has 0 bridgehead atoms. The SMILES string of the molecule is COc1ccc([C@H](C)N(CC(O)c2cnc3cccc(N4CCN(C)CC4)n23)[C@H]2CCCc3cccnc32)cc1. The first-order chi connectivity index (χ1) is 19.5. The Hall–Kier alpha value is -3.46. The van der Waals surface area contributed by atoms with Crippen LogP contribution < -0.4 is 9.64 Å². The smallest absolute Gasteiger partial charge is 0.138 e. The van der Waals surface area contributed by atoms with E-state index >= 15 is 0 Å². The monoisotopic (exact) mass is 540 g/mol. The zero-order valence-corrected chi connectivity index (χ0v) is 23.8. The molecule has 0 amide bonds. The quantitative estimate of drug-likeness (QED) is 0.349. The van der Waals surface area contributed by atoms with Crippen LogP contribution in [0, 0.1) is 0 Å². The number of piperazine rings is 1. The van der Waals surface area contributed by atoms with E-state index in [1.165, 1.54) is 11.1 Å². The number of imidazole rings is 1. The number of nitrogens with zero attached hydrogens (tertiary/aromatic N) is 6. The van der Waals surface area contributed by atoms with Crippen molar-refractivity contribution in [2.45, 2.75) is 44.4 Å². The van der Waals surface area contributed by atoms with Gasteiger partial charge < -0.3 is 19.6 Å². The van der Waals surface area contributed by atoms with Crippen molar-refractivity contribution in [2.24, 2.45) is 0 Å². The second-order valence-corrected chi connectivity index (χ2v) is 11.2. The number of ether oxygens (including phenoxy) is 1. The molecule has 210 valence electrons. The number of benzene rings is 1. The Morgan fingerprint density at radius 1 is 1.02 bits per heavy atom. The van der Waals surface area contributed by atoms with Gasteiger partial charge in [0.1, 0.15) is 23.3 Å². The minimum absolute atomic E-state index is 0.0646. The zero-order chi connectivity index (χ0) is 27.6. The summed E-state index contributed by atoms with van der Waals surface area (Å²) in [7, 11) is 3.86. The van der Waals surface area contributed by atoms with Gasteiger partial charge in [0, 0.05) is 45.0 Å². The predicted molar refractivity (Wildman–Crippen MR) is 158 cm³/mol. The Kier molecular flexibility index (Phi) is 7.74. The Labute approximate surface area is 236 Å². The van der Waals surface area contributed by atoms with Crippen molar-refractivity contribution in [1.82, 2.24) is 24.2 Å². The normalized spacial score (nSPS) is 19.5. The number of aryl methyl sites for hydroxylation is 1. The highest BCUT2D eigenvalue weighted by Gasteiger charge is 2.33. The van der Waals surface area contributed by atoms with E-state index in [2.05, 4.69) is 63.4 Å². The lowest BCUT2D eigenvalue weighted by Crippen LogP contribution is -2.45. The summed E-state index contributed by atoms with van der Waals surface area (Å²) in [5.41, 5.74) is 5.33. The highest BCUT2D eigenvalue weighted by Crippen LogP contribution is 2.39. The predicted octanol–water partition coefficient (Wildman–Crippen LogP) is 4.66. The van der Waals surface area contributed by atoms with E-state index in [0.29, 0.717) is 6.54 Å². The molecular weight excluding hydrogens is 500 g/mol. The average Bonchev–Trinajstić information content (AvgIpc) is 3.44. The zero-order valence-electron chi connectivity index (χ0n) is 23.8. The van der Waals surface area contributed by atoms with Gasteiger partial charge in [0.05, 0.1) is 30.7 Å². The number of methoxy groups -OCH3 is 1. The number of aliphatic hydroxyl groups excluding tert-OH is 1. The highest BCUT2D eigenvalue weighted by atomic mass is 16.5. The summed E-state index contributed by atoms with van der Waals surface area (Å²) in [4.78, 5) is 16.8. The van der Waals surface area contributed by atoms with E-state index in [9.17, 15) is 5.11 Å². The maximum atomic E-state index is 11.9. The van der Waals surface area contributed by atoms with Crippen molar-refractivity contribution in [3.8, 4) is 5.75 Å². The molecule has 1 aliphatic heterocycles. The molecule has 6 rings (SSSR count). The lowest BCUT2D eigenvalue weighted by atomic mass is 9.89. The van der Waals surface area contributed by atoms with Crippen LogP contribution >= 0.6 is 0 Å². The molecule has 4 aromatic rings. The van der Waals surface area contributed by atoms with Crippen LogP contribution in [0.2, 0.25) is 0 Å². The minimum Gasteiger partial charge on any atom is -0.497 e. The molecule has 2 aliphatic rings. The number of hydrogen-bond acceptors (Lipinski definition) is 7. The van der Waals surface area contributed by atoms with Gasteiger partial charge in [-0.15, -0.1) is 0 Å². The summed E-state index contributed by atoms with van der Waals surface area (Å²) >= 11 is 0. The summed E-state index contributed by atoms with van der Waals surface area (Å²) in [6.45, 7) is 6.64. The molecule has 1 aliphatic carbocycles. The number of anilines is 1. The fourth-order valence-electron chi connectivity index (χ4n) is 6.39. The van der Waals surface area contributed by atoms with Crippen LogP contribution in [0.4, 0.5) is 5.82 Å². The third-order valence-corrected chi connectivity index (χ3v) is 8.75. The van der Waals surface area contributed by atoms with Crippen molar-refractivity contribution in [3.05, 3.63) is 89.5 Å². The summed E-state index contributed by atoms with van der Waals surface area (Å²) in [6.07, 6.45) is 6.19. The number of fused-ring (bicyclic) bond motifs is 2. The third kappa shape index (κ3) is 5.19. The molecule has 3 atom stereocenters. The standard InChI is InChI=1S/C32H40N6O2/c1-23(24-12-14-26(40-3)15-13-24)37(27-9-4-7-25-8-6-16-33-32(25)27)22-29(39)28-21-34-30-10-5-11-31(38(28)30)36-19-17-35(2)18-20-36/h5-6,8,10-16,21,23,27,29,39H,4,7,9,17-20,22H2,1-3H3/t23-,27-,29?/m0/s1. The molecule has 3 aromatic heterocycles. The number of rotatable bonds is 8. The van der Waals surface area contributed by atoms with Crippen molar-refractivity contribution in [2.75, 3.05) is 51.8 Å². The van der Waals surface area contributed by atoms with Crippen LogP contribution in [0.5, 0.6) is 5.75 Å². The number of aliphatic hydroxyl groups is 1. The molecule has 0 spiro atoms. The first kappa shape index (κ1) is 26.7. The van der Waals surface area contributed by atoms with Gasteiger partial charge in [-0.2, -0.15) is 0 Å². The molecule has 8 heteroatoms. The van der Waals surface area contributed by atoms with Gasteiger partial charge >= 0.3 is 0 Å². The van der Waals surface area contributed by atoms with Gasteiger partial charge in [0.15, 0.2) is 0 Å². The average molecular weight is 541 g/mol. The van der Waals surface area contributed by atoms with E-state index in [4.69, 9.17) is 14.7 Å². The topological polar surface area (TPSA) is 69.4 Å². The van der Waals surface area contributed by atoms with Gasteiger partial charge in [-0.1, -0.05) is 24.3 Å². The number of pyridine rings is 2. The second kappa shape index (κ2) is 11.6. The summed E-state index contributed by atoms with van der Waals surface area (Å²) < 4.78 is 7.57.